The van der Waals surface area contributed by atoms with Gasteiger partial charge in [-0.15, -0.1) is 0 Å². The second-order valence-corrected chi connectivity index (χ2v) is 5.26. The van der Waals surface area contributed by atoms with Gasteiger partial charge in [0.2, 0.25) is 5.28 Å². The van der Waals surface area contributed by atoms with E-state index in [0.717, 1.165) is 0 Å². The van der Waals surface area contributed by atoms with Crippen LogP contribution in [-0.4, -0.2) is 35.9 Å². The first kappa shape index (κ1) is 12.6. The predicted molar refractivity (Wildman–Crippen MR) is 58.3 cm³/mol. The Morgan fingerprint density at radius 3 is 2.33 bits per heavy atom. The largest absolute Gasteiger partial charge is 0.393 e. The number of rotatable bonds is 7. The lowest BCUT2D eigenvalue weighted by molar-refractivity contribution is 0.191. The van der Waals surface area contributed by atoms with Crippen LogP contribution in [0, 0.1) is 0 Å². The summed E-state index contributed by atoms with van der Waals surface area (Å²) in [6, 6.07) is 0. The standard InChI is InChI=1S/C9H16NO4P/c1-4-8-9(7-11,10-8)15(12,13-5-2)14-6-3/h4,11H,1,5-7H2,2-3H3. The molecule has 15 heavy (non-hydrogen) atoms. The third kappa shape index (κ3) is 1.93. The van der Waals surface area contributed by atoms with Crippen molar-refractivity contribution < 1.29 is 18.7 Å². The van der Waals surface area contributed by atoms with Crippen molar-refractivity contribution in [3.8, 4) is 0 Å². The summed E-state index contributed by atoms with van der Waals surface area (Å²) in [5.74, 6) is 0. The van der Waals surface area contributed by atoms with Crippen molar-refractivity contribution in [1.82, 2.24) is 0 Å². The fraction of sp³-hybridized carbons (Fsp3) is 0.667. The summed E-state index contributed by atoms with van der Waals surface area (Å²) in [6.07, 6.45) is 1.46. The number of hydrogen-bond acceptors (Lipinski definition) is 5. The molecule has 0 aliphatic carbocycles. The molecular formula is C9H16NO4P. The highest BCUT2D eigenvalue weighted by Gasteiger charge is 2.62. The first-order chi connectivity index (χ1) is 7.10. The highest BCUT2D eigenvalue weighted by molar-refractivity contribution is 7.57. The Hall–Kier alpha value is -0.480. The van der Waals surface area contributed by atoms with Crippen LogP contribution in [0.2, 0.25) is 0 Å². The van der Waals surface area contributed by atoms with Gasteiger partial charge in [0.15, 0.2) is 0 Å². The van der Waals surface area contributed by atoms with E-state index in [-0.39, 0.29) is 19.8 Å². The van der Waals surface area contributed by atoms with Crippen molar-refractivity contribution in [3.05, 3.63) is 12.7 Å². The first-order valence-electron chi connectivity index (χ1n) is 4.83. The smallest absolute Gasteiger partial charge is 0.366 e. The van der Waals surface area contributed by atoms with E-state index in [4.69, 9.17) is 9.05 Å². The van der Waals surface area contributed by atoms with E-state index < -0.39 is 12.9 Å². The molecule has 1 rings (SSSR count). The highest BCUT2D eigenvalue weighted by atomic mass is 31.2. The number of aliphatic hydroxyl groups is 1. The Kier molecular flexibility index (Phi) is 3.84. The Labute approximate surface area is 89.3 Å². The predicted octanol–water partition coefficient (Wildman–Crippen LogP) is 1.58. The Balaban J connectivity index is 2.90. The summed E-state index contributed by atoms with van der Waals surface area (Å²) in [5.41, 5.74) is 0.482. The van der Waals surface area contributed by atoms with Crippen LogP contribution in [0.5, 0.6) is 0 Å². The molecule has 0 aromatic carbocycles. The lowest BCUT2D eigenvalue weighted by atomic mass is 10.3. The molecule has 86 valence electrons. The molecular weight excluding hydrogens is 217 g/mol. The second-order valence-electron chi connectivity index (χ2n) is 3.01. The molecule has 0 aromatic heterocycles. The Morgan fingerprint density at radius 1 is 1.53 bits per heavy atom. The van der Waals surface area contributed by atoms with Gasteiger partial charge in [-0.25, -0.2) is 0 Å². The zero-order valence-corrected chi connectivity index (χ0v) is 9.87. The fourth-order valence-corrected chi connectivity index (χ4v) is 3.33. The lowest BCUT2D eigenvalue weighted by Gasteiger charge is -2.23. The van der Waals surface area contributed by atoms with Crippen LogP contribution in [0.4, 0.5) is 0 Å². The molecule has 0 spiro atoms. The van der Waals surface area contributed by atoms with Crippen molar-refractivity contribution >= 4 is 13.3 Å². The van der Waals surface area contributed by atoms with Crippen LogP contribution in [0.15, 0.2) is 17.6 Å². The first-order valence-corrected chi connectivity index (χ1v) is 6.37. The molecule has 1 aliphatic rings. The molecule has 0 saturated heterocycles. The van der Waals surface area contributed by atoms with Crippen LogP contribution >= 0.6 is 7.60 Å². The van der Waals surface area contributed by atoms with E-state index >= 15 is 0 Å². The van der Waals surface area contributed by atoms with E-state index in [2.05, 4.69) is 11.6 Å². The molecule has 1 unspecified atom stereocenters. The zero-order chi connectivity index (χ0) is 11.5. The van der Waals surface area contributed by atoms with Gasteiger partial charge in [0.25, 0.3) is 0 Å². The molecule has 5 nitrogen and oxygen atoms in total. The highest BCUT2D eigenvalue weighted by Crippen LogP contribution is 2.66. The quantitative estimate of drug-likeness (QED) is 0.678. The van der Waals surface area contributed by atoms with Gasteiger partial charge < -0.3 is 14.2 Å². The normalized spacial score (nSPS) is 24.9. The molecule has 6 heteroatoms. The molecule has 1 heterocycles. The summed E-state index contributed by atoms with van der Waals surface area (Å²) in [5, 5.41) is 8.06. The van der Waals surface area contributed by atoms with Crippen LogP contribution in [-0.2, 0) is 13.6 Å². The number of aliphatic imine (C=N–C) groups is 1. The minimum absolute atomic E-state index is 0.249. The topological polar surface area (TPSA) is 68.1 Å². The SMILES string of the molecule is C=CC1=NC1(CO)P(=O)(OCC)OCC. The summed E-state index contributed by atoms with van der Waals surface area (Å²) >= 11 is 0. The van der Waals surface area contributed by atoms with Gasteiger partial charge in [0.1, 0.15) is 0 Å². The van der Waals surface area contributed by atoms with Gasteiger partial charge in [-0.2, -0.15) is 0 Å². The third-order valence-electron chi connectivity index (χ3n) is 2.13. The monoisotopic (exact) mass is 233 g/mol. The van der Waals surface area contributed by atoms with E-state index in [1.807, 2.05) is 0 Å². The summed E-state index contributed by atoms with van der Waals surface area (Å²) in [4.78, 5) is 3.97. The average Bonchev–Trinajstić information content (AvgIpc) is 2.94. The maximum atomic E-state index is 12.3. The van der Waals surface area contributed by atoms with Gasteiger partial charge >= 0.3 is 7.60 Å². The van der Waals surface area contributed by atoms with Gasteiger partial charge in [-0.1, -0.05) is 6.58 Å². The number of nitrogens with zero attached hydrogens (tertiary/aromatic N) is 1. The van der Waals surface area contributed by atoms with Crippen LogP contribution in [0.25, 0.3) is 0 Å². The van der Waals surface area contributed by atoms with Crippen LogP contribution < -0.4 is 0 Å². The van der Waals surface area contributed by atoms with Crippen molar-refractivity contribution in [2.24, 2.45) is 4.99 Å². The fourth-order valence-electron chi connectivity index (χ4n) is 1.38. The molecule has 0 bridgehead atoms. The molecule has 1 aliphatic heterocycles. The summed E-state index contributed by atoms with van der Waals surface area (Å²) in [6.45, 7) is 7.07. The van der Waals surface area contributed by atoms with Gasteiger partial charge in [0, 0.05) is 0 Å². The van der Waals surface area contributed by atoms with Gasteiger partial charge in [-0.3, -0.25) is 9.56 Å². The minimum atomic E-state index is -3.41. The van der Waals surface area contributed by atoms with Gasteiger partial charge in [-0.05, 0) is 19.9 Å². The average molecular weight is 233 g/mol. The van der Waals surface area contributed by atoms with Crippen molar-refractivity contribution in [3.63, 3.8) is 0 Å². The third-order valence-corrected chi connectivity index (χ3v) is 4.70. The molecule has 0 fully saturated rings. The van der Waals surface area contributed by atoms with Crippen LogP contribution in [0.3, 0.4) is 0 Å². The lowest BCUT2D eigenvalue weighted by Crippen LogP contribution is -2.26. The maximum Gasteiger partial charge on any atom is 0.366 e. The van der Waals surface area contributed by atoms with Crippen LogP contribution in [0.1, 0.15) is 13.8 Å². The van der Waals surface area contributed by atoms with Crippen molar-refractivity contribution in [2.45, 2.75) is 19.1 Å². The summed E-state index contributed by atoms with van der Waals surface area (Å²) < 4.78 is 22.6. The molecule has 0 aromatic rings. The van der Waals surface area contributed by atoms with E-state index in [0.29, 0.717) is 5.71 Å². The second kappa shape index (κ2) is 4.58. The minimum Gasteiger partial charge on any atom is -0.393 e. The maximum absolute atomic E-state index is 12.3. The van der Waals surface area contributed by atoms with E-state index in [1.54, 1.807) is 13.8 Å². The van der Waals surface area contributed by atoms with E-state index in [1.165, 1.54) is 6.08 Å². The van der Waals surface area contributed by atoms with Crippen molar-refractivity contribution in [2.75, 3.05) is 19.8 Å². The van der Waals surface area contributed by atoms with E-state index in [9.17, 15) is 9.67 Å². The molecule has 0 saturated carbocycles. The Bertz CT molecular complexity index is 318. The summed E-state index contributed by atoms with van der Waals surface area (Å²) in [7, 11) is -3.41. The van der Waals surface area contributed by atoms with Crippen molar-refractivity contribution in [1.29, 1.82) is 0 Å². The molecule has 1 atom stereocenters. The van der Waals surface area contributed by atoms with Gasteiger partial charge in [0.05, 0.1) is 25.5 Å². The molecule has 1 N–H and O–H groups in total. The number of aliphatic hydroxyl groups excluding tert-OH is 1. The molecule has 0 radical (unpaired) electrons. The zero-order valence-electron chi connectivity index (χ0n) is 8.97. The number of hydrogen-bond donors (Lipinski definition) is 1. The Morgan fingerprint density at radius 2 is 2.07 bits per heavy atom. The molecule has 0 amide bonds.